The van der Waals surface area contributed by atoms with Crippen LogP contribution >= 0.6 is 0 Å². The summed E-state index contributed by atoms with van der Waals surface area (Å²) in [5.41, 5.74) is 0. The van der Waals surface area contributed by atoms with Gasteiger partial charge in [0.1, 0.15) is 0 Å². The molecule has 0 aromatic carbocycles. The van der Waals surface area contributed by atoms with Crippen molar-refractivity contribution in [1.29, 1.82) is 0 Å². The van der Waals surface area contributed by atoms with E-state index in [2.05, 4.69) is 11.9 Å². The SMILES string of the molecule is C=CC(C)N(C)N=O. The van der Waals surface area contributed by atoms with Crippen molar-refractivity contribution in [3.8, 4) is 0 Å². The van der Waals surface area contributed by atoms with Gasteiger partial charge in [0.05, 0.1) is 11.3 Å². The Kier molecular flexibility index (Phi) is 2.84. The molecule has 0 aromatic rings. The number of hydrogen-bond acceptors (Lipinski definition) is 2. The second-order valence-corrected chi connectivity index (χ2v) is 1.63. The largest absolute Gasteiger partial charge is 0.257 e. The van der Waals surface area contributed by atoms with Crippen LogP contribution in [0.25, 0.3) is 0 Å². The van der Waals surface area contributed by atoms with Gasteiger partial charge in [-0.1, -0.05) is 6.08 Å². The molecule has 0 bridgehead atoms. The summed E-state index contributed by atoms with van der Waals surface area (Å²) in [6.07, 6.45) is 1.65. The van der Waals surface area contributed by atoms with Crippen LogP contribution in [0, 0.1) is 4.91 Å². The Morgan fingerprint density at radius 3 is 2.50 bits per heavy atom. The fourth-order valence-electron chi connectivity index (χ4n) is 0.227. The molecular weight excluding hydrogens is 104 g/mol. The van der Waals surface area contributed by atoms with Crippen LogP contribution < -0.4 is 0 Å². The average Bonchev–Trinajstić information content (AvgIpc) is 1.84. The first kappa shape index (κ1) is 7.14. The maximum atomic E-state index is 9.73. The minimum atomic E-state index is 0.0347. The standard InChI is InChI=1S/C5H10N2O/c1-4-5(2)7(3)6-8/h4-5H,1H2,2-3H3. The monoisotopic (exact) mass is 114 g/mol. The summed E-state index contributed by atoms with van der Waals surface area (Å²) < 4.78 is 0. The van der Waals surface area contributed by atoms with E-state index in [0.29, 0.717) is 0 Å². The van der Waals surface area contributed by atoms with E-state index in [0.717, 1.165) is 0 Å². The molecule has 0 fully saturated rings. The highest BCUT2D eigenvalue weighted by molar-refractivity contribution is 4.80. The van der Waals surface area contributed by atoms with Crippen LogP contribution in [0.1, 0.15) is 6.92 Å². The van der Waals surface area contributed by atoms with Crippen molar-refractivity contribution in [3.05, 3.63) is 17.6 Å². The summed E-state index contributed by atoms with van der Waals surface area (Å²) in [5, 5.41) is 3.97. The lowest BCUT2D eigenvalue weighted by Gasteiger charge is -2.12. The van der Waals surface area contributed by atoms with Crippen LogP contribution in [-0.2, 0) is 0 Å². The number of likely N-dealkylation sites (N-methyl/N-ethyl adjacent to an activating group) is 1. The van der Waals surface area contributed by atoms with Crippen LogP contribution in [0.4, 0.5) is 0 Å². The van der Waals surface area contributed by atoms with Crippen LogP contribution in [-0.4, -0.2) is 18.1 Å². The Morgan fingerprint density at radius 1 is 1.88 bits per heavy atom. The predicted octanol–water partition coefficient (Wildman–Crippen LogP) is 1.17. The molecule has 0 radical (unpaired) electrons. The zero-order chi connectivity index (χ0) is 6.57. The summed E-state index contributed by atoms with van der Waals surface area (Å²) in [7, 11) is 1.61. The first-order chi connectivity index (χ1) is 3.72. The molecule has 0 aliphatic heterocycles. The predicted molar refractivity (Wildman–Crippen MR) is 33.2 cm³/mol. The lowest BCUT2D eigenvalue weighted by molar-refractivity contribution is 0.309. The van der Waals surface area contributed by atoms with E-state index in [1.165, 1.54) is 5.01 Å². The van der Waals surface area contributed by atoms with Crippen molar-refractivity contribution in [1.82, 2.24) is 5.01 Å². The fraction of sp³-hybridized carbons (Fsp3) is 0.600. The van der Waals surface area contributed by atoms with Crippen LogP contribution in [0.2, 0.25) is 0 Å². The van der Waals surface area contributed by atoms with Crippen molar-refractivity contribution in [3.63, 3.8) is 0 Å². The molecule has 0 saturated heterocycles. The van der Waals surface area contributed by atoms with Gasteiger partial charge in [-0.2, -0.15) is 0 Å². The number of hydrogen-bond donors (Lipinski definition) is 0. The molecule has 0 N–H and O–H groups in total. The van der Waals surface area contributed by atoms with Gasteiger partial charge in [-0.05, 0) is 6.92 Å². The van der Waals surface area contributed by atoms with Gasteiger partial charge in [-0.15, -0.1) is 11.5 Å². The molecule has 0 aromatic heterocycles. The zero-order valence-electron chi connectivity index (χ0n) is 5.16. The van der Waals surface area contributed by atoms with Crippen molar-refractivity contribution in [2.24, 2.45) is 5.29 Å². The second kappa shape index (κ2) is 3.18. The van der Waals surface area contributed by atoms with Crippen LogP contribution in [0.5, 0.6) is 0 Å². The molecule has 3 heteroatoms. The van der Waals surface area contributed by atoms with Crippen molar-refractivity contribution >= 4 is 0 Å². The minimum Gasteiger partial charge on any atom is -0.257 e. The third-order valence-corrected chi connectivity index (χ3v) is 1.06. The zero-order valence-corrected chi connectivity index (χ0v) is 5.16. The Bertz CT molecular complexity index is 80.4. The summed E-state index contributed by atoms with van der Waals surface area (Å²) in [6, 6.07) is 0.0347. The van der Waals surface area contributed by atoms with Gasteiger partial charge in [-0.3, -0.25) is 5.01 Å². The third kappa shape index (κ3) is 1.73. The van der Waals surface area contributed by atoms with Gasteiger partial charge in [-0.25, -0.2) is 0 Å². The molecule has 0 aliphatic rings. The van der Waals surface area contributed by atoms with E-state index in [1.807, 2.05) is 6.92 Å². The summed E-state index contributed by atoms with van der Waals surface area (Å²) in [6.45, 7) is 5.33. The lowest BCUT2D eigenvalue weighted by atomic mass is 10.3. The molecule has 0 amide bonds. The average molecular weight is 114 g/mol. The van der Waals surface area contributed by atoms with E-state index < -0.39 is 0 Å². The van der Waals surface area contributed by atoms with Gasteiger partial charge in [0.2, 0.25) is 0 Å². The topological polar surface area (TPSA) is 32.7 Å². The molecule has 0 rings (SSSR count). The molecule has 46 valence electrons. The molecule has 0 aliphatic carbocycles. The lowest BCUT2D eigenvalue weighted by Crippen LogP contribution is -2.20. The van der Waals surface area contributed by atoms with Gasteiger partial charge < -0.3 is 0 Å². The molecule has 3 nitrogen and oxygen atoms in total. The van der Waals surface area contributed by atoms with Gasteiger partial charge in [0, 0.05) is 7.05 Å². The Morgan fingerprint density at radius 2 is 2.38 bits per heavy atom. The first-order valence-electron chi connectivity index (χ1n) is 2.41. The minimum absolute atomic E-state index is 0.0347. The summed E-state index contributed by atoms with van der Waals surface area (Å²) >= 11 is 0. The van der Waals surface area contributed by atoms with Crippen molar-refractivity contribution in [2.45, 2.75) is 13.0 Å². The quantitative estimate of drug-likeness (QED) is 0.313. The summed E-state index contributed by atoms with van der Waals surface area (Å²) in [5.74, 6) is 0. The third-order valence-electron chi connectivity index (χ3n) is 1.06. The van der Waals surface area contributed by atoms with E-state index in [4.69, 9.17) is 0 Å². The van der Waals surface area contributed by atoms with E-state index >= 15 is 0 Å². The van der Waals surface area contributed by atoms with Gasteiger partial charge in [0.15, 0.2) is 0 Å². The molecule has 1 unspecified atom stereocenters. The number of nitrogens with zero attached hydrogens (tertiary/aromatic N) is 2. The first-order valence-corrected chi connectivity index (χ1v) is 2.41. The molecule has 8 heavy (non-hydrogen) atoms. The normalized spacial score (nSPS) is 12.2. The highest BCUT2D eigenvalue weighted by atomic mass is 16.3. The second-order valence-electron chi connectivity index (χ2n) is 1.63. The molecular formula is C5H10N2O. The smallest absolute Gasteiger partial charge is 0.0648 e. The van der Waals surface area contributed by atoms with E-state index in [9.17, 15) is 4.91 Å². The van der Waals surface area contributed by atoms with Crippen molar-refractivity contribution in [2.75, 3.05) is 7.05 Å². The molecule has 0 spiro atoms. The highest BCUT2D eigenvalue weighted by Crippen LogP contribution is 1.93. The maximum absolute atomic E-state index is 9.73. The molecule has 0 heterocycles. The van der Waals surface area contributed by atoms with E-state index in [1.54, 1.807) is 13.1 Å². The number of nitroso groups, excluding NO2 is 1. The number of rotatable bonds is 3. The highest BCUT2D eigenvalue weighted by Gasteiger charge is 1.99. The van der Waals surface area contributed by atoms with Crippen molar-refractivity contribution < 1.29 is 0 Å². The Balaban J connectivity index is 3.60. The summed E-state index contributed by atoms with van der Waals surface area (Å²) in [4.78, 5) is 9.73. The maximum Gasteiger partial charge on any atom is 0.0648 e. The van der Waals surface area contributed by atoms with Gasteiger partial charge in [0.25, 0.3) is 0 Å². The van der Waals surface area contributed by atoms with Crippen LogP contribution in [0.3, 0.4) is 0 Å². The fourth-order valence-corrected chi connectivity index (χ4v) is 0.227. The van der Waals surface area contributed by atoms with E-state index in [-0.39, 0.29) is 6.04 Å². The Hall–Kier alpha value is -0.860. The molecule has 0 saturated carbocycles. The van der Waals surface area contributed by atoms with Gasteiger partial charge >= 0.3 is 0 Å². The molecule has 1 atom stereocenters. The Labute approximate surface area is 48.9 Å². The van der Waals surface area contributed by atoms with Crippen LogP contribution in [0.15, 0.2) is 17.9 Å².